The Balaban J connectivity index is 1.70. The molecule has 0 radical (unpaired) electrons. The van der Waals surface area contributed by atoms with Gasteiger partial charge in [0.1, 0.15) is 0 Å². The molecule has 2 fully saturated rings. The van der Waals surface area contributed by atoms with Crippen LogP contribution in [-0.2, 0) is 0 Å². The smallest absolute Gasteiger partial charge is 0.321 e. The Labute approximate surface area is 107 Å². The molecule has 2 aliphatic rings. The number of urea groups is 1. The normalized spacial score (nSPS) is 26.7. The van der Waals surface area contributed by atoms with Crippen molar-refractivity contribution in [1.29, 1.82) is 0 Å². The molecule has 1 heterocycles. The number of carbonyl (C=O) groups is 1. The highest BCUT2D eigenvalue weighted by Crippen LogP contribution is 2.30. The highest BCUT2D eigenvalue weighted by Gasteiger charge is 2.25. The van der Waals surface area contributed by atoms with E-state index in [0.717, 1.165) is 30.4 Å². The third-order valence-corrected chi connectivity index (χ3v) is 3.76. The predicted octanol–water partition coefficient (Wildman–Crippen LogP) is 2.43. The van der Waals surface area contributed by atoms with E-state index < -0.39 is 0 Å². The first-order valence-electron chi connectivity index (χ1n) is 6.64. The van der Waals surface area contributed by atoms with Gasteiger partial charge in [-0.05, 0) is 37.0 Å². The lowest BCUT2D eigenvalue weighted by molar-refractivity contribution is 0.252. The highest BCUT2D eigenvalue weighted by molar-refractivity contribution is 5.94. The molecule has 0 aromatic heterocycles. The maximum Gasteiger partial charge on any atom is 0.321 e. The average Bonchev–Trinajstić information content (AvgIpc) is 2.74. The van der Waals surface area contributed by atoms with Crippen LogP contribution < -0.4 is 15.5 Å². The topological polar surface area (TPSA) is 44.4 Å². The maximum absolute atomic E-state index is 11.6. The van der Waals surface area contributed by atoms with Gasteiger partial charge in [-0.2, -0.15) is 0 Å². The summed E-state index contributed by atoms with van der Waals surface area (Å²) in [7, 11) is 0. The van der Waals surface area contributed by atoms with Crippen LogP contribution in [0, 0.1) is 5.92 Å². The van der Waals surface area contributed by atoms with E-state index in [1.54, 1.807) is 4.90 Å². The van der Waals surface area contributed by atoms with Crippen LogP contribution in [0.15, 0.2) is 24.3 Å². The molecule has 1 saturated heterocycles. The molecule has 0 bridgehead atoms. The molecule has 1 saturated carbocycles. The van der Waals surface area contributed by atoms with Crippen LogP contribution in [0.2, 0.25) is 0 Å². The number of amides is 2. The molecule has 4 heteroatoms. The zero-order valence-corrected chi connectivity index (χ0v) is 10.6. The van der Waals surface area contributed by atoms with Gasteiger partial charge in [-0.1, -0.05) is 13.0 Å². The summed E-state index contributed by atoms with van der Waals surface area (Å²) >= 11 is 0. The van der Waals surface area contributed by atoms with E-state index in [2.05, 4.69) is 29.7 Å². The first-order valence-corrected chi connectivity index (χ1v) is 6.64. The van der Waals surface area contributed by atoms with E-state index in [-0.39, 0.29) is 6.03 Å². The van der Waals surface area contributed by atoms with Gasteiger partial charge in [-0.25, -0.2) is 4.79 Å². The molecule has 2 N–H and O–H groups in total. The molecule has 3 rings (SSSR count). The SMILES string of the molecule is CC1CC(Nc2cccc(N3CCNC3=O)c2)C1. The van der Waals surface area contributed by atoms with Crippen molar-refractivity contribution in [2.24, 2.45) is 5.92 Å². The van der Waals surface area contributed by atoms with E-state index >= 15 is 0 Å². The van der Waals surface area contributed by atoms with Crippen molar-refractivity contribution in [3.8, 4) is 0 Å². The van der Waals surface area contributed by atoms with Crippen LogP contribution >= 0.6 is 0 Å². The van der Waals surface area contributed by atoms with E-state index in [1.165, 1.54) is 12.8 Å². The number of nitrogens with zero attached hydrogens (tertiary/aromatic N) is 1. The van der Waals surface area contributed by atoms with Crippen molar-refractivity contribution >= 4 is 17.4 Å². The van der Waals surface area contributed by atoms with Crippen molar-refractivity contribution in [1.82, 2.24) is 5.32 Å². The first kappa shape index (κ1) is 11.4. The fourth-order valence-corrected chi connectivity index (χ4v) is 2.74. The number of rotatable bonds is 3. The highest BCUT2D eigenvalue weighted by atomic mass is 16.2. The number of anilines is 2. The largest absolute Gasteiger partial charge is 0.382 e. The summed E-state index contributed by atoms with van der Waals surface area (Å²) in [6.45, 7) is 3.77. The predicted molar refractivity (Wildman–Crippen MR) is 73.0 cm³/mol. The van der Waals surface area contributed by atoms with Crippen LogP contribution in [0.4, 0.5) is 16.2 Å². The minimum atomic E-state index is 0.00409. The number of benzene rings is 1. The Morgan fingerprint density at radius 1 is 1.39 bits per heavy atom. The molecule has 18 heavy (non-hydrogen) atoms. The van der Waals surface area contributed by atoms with Gasteiger partial charge < -0.3 is 10.6 Å². The molecular formula is C14H19N3O. The number of hydrogen-bond acceptors (Lipinski definition) is 2. The van der Waals surface area contributed by atoms with Gasteiger partial charge in [-0.3, -0.25) is 4.90 Å². The van der Waals surface area contributed by atoms with E-state index in [4.69, 9.17) is 0 Å². The summed E-state index contributed by atoms with van der Waals surface area (Å²) < 4.78 is 0. The van der Waals surface area contributed by atoms with Gasteiger partial charge in [0.15, 0.2) is 0 Å². The third-order valence-electron chi connectivity index (χ3n) is 3.76. The van der Waals surface area contributed by atoms with Crippen LogP contribution in [0.5, 0.6) is 0 Å². The monoisotopic (exact) mass is 245 g/mol. The second-order valence-electron chi connectivity index (χ2n) is 5.35. The Morgan fingerprint density at radius 3 is 2.89 bits per heavy atom. The molecule has 96 valence electrons. The Morgan fingerprint density at radius 2 is 2.22 bits per heavy atom. The van der Waals surface area contributed by atoms with Crippen molar-refractivity contribution in [3.05, 3.63) is 24.3 Å². The van der Waals surface area contributed by atoms with Gasteiger partial charge in [0.2, 0.25) is 0 Å². The van der Waals surface area contributed by atoms with E-state index in [0.29, 0.717) is 6.04 Å². The molecular weight excluding hydrogens is 226 g/mol. The minimum absolute atomic E-state index is 0.00409. The standard InChI is InChI=1S/C14H19N3O/c1-10-7-12(8-10)16-11-3-2-4-13(9-11)17-6-5-15-14(17)18/h2-4,9-10,12,16H,5-8H2,1H3,(H,15,18). The van der Waals surface area contributed by atoms with Gasteiger partial charge in [-0.15, -0.1) is 0 Å². The lowest BCUT2D eigenvalue weighted by Gasteiger charge is -2.34. The van der Waals surface area contributed by atoms with Gasteiger partial charge in [0, 0.05) is 30.5 Å². The molecule has 1 aromatic carbocycles. The molecule has 0 spiro atoms. The van der Waals surface area contributed by atoms with Crippen LogP contribution in [0.25, 0.3) is 0 Å². The minimum Gasteiger partial charge on any atom is -0.382 e. The average molecular weight is 245 g/mol. The Hall–Kier alpha value is -1.71. The zero-order valence-electron chi connectivity index (χ0n) is 10.6. The van der Waals surface area contributed by atoms with Crippen LogP contribution in [0.3, 0.4) is 0 Å². The fourth-order valence-electron chi connectivity index (χ4n) is 2.74. The Bertz CT molecular complexity index is 454. The number of carbonyl (C=O) groups excluding carboxylic acids is 1. The molecule has 1 aliphatic heterocycles. The summed E-state index contributed by atoms with van der Waals surface area (Å²) in [5, 5.41) is 6.35. The Kier molecular flexibility index (Phi) is 2.86. The molecule has 0 atom stereocenters. The van der Waals surface area contributed by atoms with Crippen molar-refractivity contribution < 1.29 is 4.79 Å². The lowest BCUT2D eigenvalue weighted by Crippen LogP contribution is -2.33. The molecule has 2 amide bonds. The van der Waals surface area contributed by atoms with Gasteiger partial charge in [0.25, 0.3) is 0 Å². The maximum atomic E-state index is 11.6. The second kappa shape index (κ2) is 4.52. The fraction of sp³-hybridized carbons (Fsp3) is 0.500. The first-order chi connectivity index (χ1) is 8.72. The molecule has 0 unspecified atom stereocenters. The van der Waals surface area contributed by atoms with Crippen molar-refractivity contribution in [2.75, 3.05) is 23.3 Å². The van der Waals surface area contributed by atoms with Crippen molar-refractivity contribution in [2.45, 2.75) is 25.8 Å². The second-order valence-corrected chi connectivity index (χ2v) is 5.35. The summed E-state index contributed by atoms with van der Waals surface area (Å²) in [6.07, 6.45) is 2.49. The van der Waals surface area contributed by atoms with Crippen LogP contribution in [0.1, 0.15) is 19.8 Å². The van der Waals surface area contributed by atoms with Gasteiger partial charge in [0.05, 0.1) is 0 Å². The number of hydrogen-bond donors (Lipinski definition) is 2. The molecule has 1 aliphatic carbocycles. The number of nitrogens with one attached hydrogen (secondary N) is 2. The lowest BCUT2D eigenvalue weighted by atomic mass is 9.82. The molecule has 4 nitrogen and oxygen atoms in total. The zero-order chi connectivity index (χ0) is 12.5. The summed E-state index contributed by atoms with van der Waals surface area (Å²) in [5.41, 5.74) is 2.09. The summed E-state index contributed by atoms with van der Waals surface area (Å²) in [6, 6.07) is 8.73. The summed E-state index contributed by atoms with van der Waals surface area (Å²) in [4.78, 5) is 13.4. The summed E-state index contributed by atoms with van der Waals surface area (Å²) in [5.74, 6) is 0.843. The quantitative estimate of drug-likeness (QED) is 0.859. The van der Waals surface area contributed by atoms with E-state index in [1.807, 2.05) is 12.1 Å². The van der Waals surface area contributed by atoms with Crippen LogP contribution in [-0.4, -0.2) is 25.2 Å². The third kappa shape index (κ3) is 2.15. The van der Waals surface area contributed by atoms with Crippen molar-refractivity contribution in [3.63, 3.8) is 0 Å². The van der Waals surface area contributed by atoms with E-state index in [9.17, 15) is 4.79 Å². The van der Waals surface area contributed by atoms with Gasteiger partial charge >= 0.3 is 6.03 Å². The molecule has 1 aromatic rings.